The Balaban J connectivity index is 2.16. The zero-order chi connectivity index (χ0) is 13.1. The molecule has 1 heterocycles. The predicted molar refractivity (Wildman–Crippen MR) is 66.4 cm³/mol. The van der Waals surface area contributed by atoms with Crippen LogP contribution in [-0.4, -0.2) is 10.1 Å². The lowest BCUT2D eigenvalue weighted by Gasteiger charge is -2.05. The van der Waals surface area contributed by atoms with Crippen LogP contribution >= 0.6 is 0 Å². The topological polar surface area (TPSA) is 81.2 Å². The normalized spacial score (nSPS) is 10.3. The Labute approximate surface area is 104 Å². The van der Waals surface area contributed by atoms with Crippen molar-refractivity contribution in [3.05, 3.63) is 51.4 Å². The molecular formula is C12H13N3O3. The van der Waals surface area contributed by atoms with E-state index in [1.807, 2.05) is 13.0 Å². The maximum atomic E-state index is 10.9. The van der Waals surface area contributed by atoms with Gasteiger partial charge in [-0.2, -0.15) is 0 Å². The van der Waals surface area contributed by atoms with Crippen molar-refractivity contribution in [2.24, 2.45) is 0 Å². The Kier molecular flexibility index (Phi) is 3.27. The highest BCUT2D eigenvalue weighted by Crippen LogP contribution is 2.25. The first-order chi connectivity index (χ1) is 8.56. The minimum absolute atomic E-state index is 0.0650. The van der Waals surface area contributed by atoms with E-state index in [1.54, 1.807) is 19.1 Å². The number of nitro groups is 1. The van der Waals surface area contributed by atoms with E-state index >= 15 is 0 Å². The van der Waals surface area contributed by atoms with Gasteiger partial charge in [-0.3, -0.25) is 10.1 Å². The molecule has 1 N–H and O–H groups in total. The summed E-state index contributed by atoms with van der Waals surface area (Å²) in [5, 5.41) is 17.7. The lowest BCUT2D eigenvalue weighted by atomic mass is 10.2. The molecular weight excluding hydrogens is 234 g/mol. The first kappa shape index (κ1) is 12.1. The second-order valence-corrected chi connectivity index (χ2v) is 4.06. The summed E-state index contributed by atoms with van der Waals surface area (Å²) in [7, 11) is 0. The second-order valence-electron chi connectivity index (χ2n) is 4.06. The number of hydrogen-bond acceptors (Lipinski definition) is 5. The fourth-order valence-electron chi connectivity index (χ4n) is 1.63. The van der Waals surface area contributed by atoms with Crippen LogP contribution in [0.2, 0.25) is 0 Å². The van der Waals surface area contributed by atoms with Gasteiger partial charge in [0.25, 0.3) is 5.69 Å². The lowest BCUT2D eigenvalue weighted by molar-refractivity contribution is -0.384. The number of nitro benzene ring substituents is 1. The third kappa shape index (κ3) is 2.65. The third-order valence-electron chi connectivity index (χ3n) is 2.49. The van der Waals surface area contributed by atoms with Crippen molar-refractivity contribution in [3.63, 3.8) is 0 Å². The molecule has 0 aliphatic heterocycles. The Morgan fingerprint density at radius 3 is 2.78 bits per heavy atom. The number of hydrogen-bond donors (Lipinski definition) is 1. The average molecular weight is 247 g/mol. The molecule has 0 fully saturated rings. The van der Waals surface area contributed by atoms with Gasteiger partial charge in [-0.25, -0.2) is 0 Å². The van der Waals surface area contributed by atoms with Crippen LogP contribution in [0.25, 0.3) is 0 Å². The Hall–Kier alpha value is -2.37. The summed E-state index contributed by atoms with van der Waals surface area (Å²) in [6.07, 6.45) is 0. The van der Waals surface area contributed by atoms with Crippen molar-refractivity contribution in [2.45, 2.75) is 20.4 Å². The van der Waals surface area contributed by atoms with Gasteiger partial charge in [-0.05, 0) is 25.5 Å². The molecule has 0 spiro atoms. The molecule has 94 valence electrons. The summed E-state index contributed by atoms with van der Waals surface area (Å²) >= 11 is 0. The highest BCUT2D eigenvalue weighted by molar-refractivity contribution is 5.62. The summed E-state index contributed by atoms with van der Waals surface area (Å²) in [6, 6.07) is 6.84. The van der Waals surface area contributed by atoms with Crippen LogP contribution in [-0.2, 0) is 6.54 Å². The molecule has 0 saturated heterocycles. The Morgan fingerprint density at radius 1 is 1.39 bits per heavy atom. The van der Waals surface area contributed by atoms with Crippen LogP contribution in [0, 0.1) is 24.0 Å². The van der Waals surface area contributed by atoms with Gasteiger partial charge in [0.15, 0.2) is 0 Å². The zero-order valence-corrected chi connectivity index (χ0v) is 10.1. The van der Waals surface area contributed by atoms with Crippen LogP contribution in [0.4, 0.5) is 11.4 Å². The first-order valence-corrected chi connectivity index (χ1v) is 5.47. The van der Waals surface area contributed by atoms with Gasteiger partial charge in [0.2, 0.25) is 0 Å². The van der Waals surface area contributed by atoms with Crippen LogP contribution in [0.15, 0.2) is 28.8 Å². The largest absolute Gasteiger partial charge is 0.374 e. The van der Waals surface area contributed by atoms with Gasteiger partial charge in [-0.15, -0.1) is 0 Å². The molecule has 0 radical (unpaired) electrons. The van der Waals surface area contributed by atoms with E-state index in [-0.39, 0.29) is 5.69 Å². The van der Waals surface area contributed by atoms with E-state index in [4.69, 9.17) is 4.52 Å². The summed E-state index contributed by atoms with van der Waals surface area (Å²) in [5.41, 5.74) is 2.10. The molecule has 0 unspecified atom stereocenters. The maximum Gasteiger partial charge on any atom is 0.292 e. The molecule has 1 aromatic heterocycles. The standard InChI is InChI=1S/C12H13N3O3/c1-8-3-4-11(12(5-8)15(16)17)13-7-10-6-9(2)18-14-10/h3-6,13H,7H2,1-2H3. The Bertz CT molecular complexity index is 578. The predicted octanol–water partition coefficient (Wildman–Crippen LogP) is 2.81. The van der Waals surface area contributed by atoms with Crippen molar-refractivity contribution >= 4 is 11.4 Å². The minimum Gasteiger partial charge on any atom is -0.374 e. The van der Waals surface area contributed by atoms with Gasteiger partial charge in [-0.1, -0.05) is 11.2 Å². The second kappa shape index (κ2) is 4.87. The maximum absolute atomic E-state index is 10.9. The summed E-state index contributed by atoms with van der Waals surface area (Å²) in [5.74, 6) is 0.713. The van der Waals surface area contributed by atoms with Crippen LogP contribution in [0.5, 0.6) is 0 Å². The highest BCUT2D eigenvalue weighted by atomic mass is 16.6. The SMILES string of the molecule is Cc1ccc(NCc2cc(C)on2)c([N+](=O)[O-])c1. The van der Waals surface area contributed by atoms with Gasteiger partial charge in [0, 0.05) is 12.1 Å². The van der Waals surface area contributed by atoms with Crippen molar-refractivity contribution in [1.82, 2.24) is 5.16 Å². The number of anilines is 1. The third-order valence-corrected chi connectivity index (χ3v) is 2.49. The fourth-order valence-corrected chi connectivity index (χ4v) is 1.63. The van der Waals surface area contributed by atoms with Crippen molar-refractivity contribution in [1.29, 1.82) is 0 Å². The fraction of sp³-hybridized carbons (Fsp3) is 0.250. The summed E-state index contributed by atoms with van der Waals surface area (Å²) in [6.45, 7) is 4.00. The monoisotopic (exact) mass is 247 g/mol. The number of benzene rings is 1. The molecule has 18 heavy (non-hydrogen) atoms. The molecule has 2 rings (SSSR count). The molecule has 2 aromatic rings. The van der Waals surface area contributed by atoms with E-state index < -0.39 is 4.92 Å². The molecule has 1 aromatic carbocycles. The van der Waals surface area contributed by atoms with E-state index in [2.05, 4.69) is 10.5 Å². The smallest absolute Gasteiger partial charge is 0.292 e. The van der Waals surface area contributed by atoms with Gasteiger partial charge in [0.05, 0.1) is 11.5 Å². The molecule has 0 bridgehead atoms. The number of rotatable bonds is 4. The molecule has 0 aliphatic rings. The quantitative estimate of drug-likeness (QED) is 0.663. The lowest BCUT2D eigenvalue weighted by Crippen LogP contribution is -2.03. The number of nitrogens with one attached hydrogen (secondary N) is 1. The Morgan fingerprint density at radius 2 is 2.17 bits per heavy atom. The van der Waals surface area contributed by atoms with Crippen molar-refractivity contribution < 1.29 is 9.45 Å². The van der Waals surface area contributed by atoms with Crippen LogP contribution < -0.4 is 5.32 Å². The number of aromatic nitrogens is 1. The van der Waals surface area contributed by atoms with Gasteiger partial charge < -0.3 is 9.84 Å². The average Bonchev–Trinajstić information content (AvgIpc) is 2.73. The van der Waals surface area contributed by atoms with Crippen LogP contribution in [0.1, 0.15) is 17.0 Å². The first-order valence-electron chi connectivity index (χ1n) is 5.47. The minimum atomic E-state index is -0.399. The van der Waals surface area contributed by atoms with Crippen molar-refractivity contribution in [3.8, 4) is 0 Å². The molecule has 0 aliphatic carbocycles. The van der Waals surface area contributed by atoms with Gasteiger partial charge in [0.1, 0.15) is 17.1 Å². The number of aryl methyl sites for hydroxylation is 2. The van der Waals surface area contributed by atoms with E-state index in [1.165, 1.54) is 6.07 Å². The zero-order valence-electron chi connectivity index (χ0n) is 10.1. The van der Waals surface area contributed by atoms with E-state index in [0.29, 0.717) is 23.7 Å². The summed E-state index contributed by atoms with van der Waals surface area (Å²) < 4.78 is 4.93. The highest BCUT2D eigenvalue weighted by Gasteiger charge is 2.13. The molecule has 0 amide bonds. The van der Waals surface area contributed by atoms with Crippen LogP contribution in [0.3, 0.4) is 0 Å². The number of nitrogens with zero attached hydrogens (tertiary/aromatic N) is 2. The molecule has 0 atom stereocenters. The van der Waals surface area contributed by atoms with Crippen molar-refractivity contribution in [2.75, 3.05) is 5.32 Å². The summed E-state index contributed by atoms with van der Waals surface area (Å²) in [4.78, 5) is 10.5. The van der Waals surface area contributed by atoms with Gasteiger partial charge >= 0.3 is 0 Å². The molecule has 0 saturated carbocycles. The molecule has 6 nitrogen and oxygen atoms in total. The van der Waals surface area contributed by atoms with E-state index in [9.17, 15) is 10.1 Å². The molecule has 6 heteroatoms. The van der Waals surface area contributed by atoms with E-state index in [0.717, 1.165) is 5.56 Å².